The zero-order valence-corrected chi connectivity index (χ0v) is 18.7. The summed E-state index contributed by atoms with van der Waals surface area (Å²) in [4.78, 5) is 31.0. The minimum Gasteiger partial charge on any atom is -0.508 e. The van der Waals surface area contributed by atoms with Gasteiger partial charge in [0.05, 0.1) is 29.0 Å². The van der Waals surface area contributed by atoms with Crippen LogP contribution in [0.5, 0.6) is 5.75 Å². The molecule has 1 aromatic carbocycles. The molecule has 5 rings (SSSR count). The Morgan fingerprint density at radius 3 is 2.74 bits per heavy atom. The second kappa shape index (κ2) is 8.50. The van der Waals surface area contributed by atoms with E-state index in [9.17, 15) is 14.7 Å². The average Bonchev–Trinajstić information content (AvgIpc) is 3.17. The van der Waals surface area contributed by atoms with E-state index in [4.69, 9.17) is 15.4 Å². The zero-order chi connectivity index (χ0) is 24.0. The van der Waals surface area contributed by atoms with E-state index in [0.717, 1.165) is 47.8 Å². The molecule has 9 nitrogen and oxygen atoms in total. The predicted octanol–water partition coefficient (Wildman–Crippen LogP) is 3.01. The van der Waals surface area contributed by atoms with E-state index in [1.807, 2.05) is 12.1 Å². The fourth-order valence-corrected chi connectivity index (χ4v) is 4.93. The minimum atomic E-state index is -1.43. The second-order valence-electron chi connectivity index (χ2n) is 8.94. The number of pyridine rings is 2. The molecule has 0 saturated carbocycles. The summed E-state index contributed by atoms with van der Waals surface area (Å²) >= 11 is 0. The number of ether oxygens (including phenoxy) is 1. The van der Waals surface area contributed by atoms with E-state index in [2.05, 4.69) is 15.6 Å². The van der Waals surface area contributed by atoms with Gasteiger partial charge in [0.1, 0.15) is 12.4 Å². The second-order valence-corrected chi connectivity index (χ2v) is 8.94. The molecule has 0 radical (unpaired) electrons. The molecule has 0 spiro atoms. The van der Waals surface area contributed by atoms with Crippen LogP contribution in [0.2, 0.25) is 12.6 Å². The molecule has 172 valence electrons. The summed E-state index contributed by atoms with van der Waals surface area (Å²) in [7, 11) is 0. The third-order valence-corrected chi connectivity index (χ3v) is 6.85. The predicted molar refractivity (Wildman–Crippen MR) is 126 cm³/mol. The van der Waals surface area contributed by atoms with Crippen LogP contribution in [0.3, 0.4) is 0 Å². The van der Waals surface area contributed by atoms with Gasteiger partial charge in [-0.3, -0.25) is 4.79 Å². The fraction of sp³-hybridized carbons (Fsp3) is 0.333. The largest absolute Gasteiger partial charge is 0.508 e. The van der Waals surface area contributed by atoms with Crippen molar-refractivity contribution in [3.63, 3.8) is 0 Å². The highest BCUT2D eigenvalue weighted by molar-refractivity contribution is 6.67. The Bertz CT molecular complexity index is 1420. The topological polar surface area (TPSA) is 129 Å². The molecular formula is C24H23BN4O5. The first-order valence-electron chi connectivity index (χ1n) is 11.2. The third-order valence-electron chi connectivity index (χ3n) is 6.85. The van der Waals surface area contributed by atoms with Crippen LogP contribution in [-0.2, 0) is 24.4 Å². The molecular weight excluding hydrogens is 435 g/mol. The summed E-state index contributed by atoms with van der Waals surface area (Å²) in [5, 5.41) is 29.5. The molecule has 1 saturated heterocycles. The summed E-state index contributed by atoms with van der Waals surface area (Å²) in [6.07, 6.45) is 0.215. The molecule has 0 bridgehead atoms. The van der Waals surface area contributed by atoms with Crippen molar-refractivity contribution < 1.29 is 19.7 Å². The maximum Gasteiger partial charge on any atom is 0.506 e. The Morgan fingerprint density at radius 2 is 2.03 bits per heavy atom. The lowest BCUT2D eigenvalue weighted by molar-refractivity contribution is 0.0848. The van der Waals surface area contributed by atoms with Crippen molar-refractivity contribution in [3.8, 4) is 23.1 Å². The molecule has 3 aromatic rings. The van der Waals surface area contributed by atoms with Gasteiger partial charge < -0.3 is 24.4 Å². The maximum atomic E-state index is 13.1. The summed E-state index contributed by atoms with van der Waals surface area (Å²) in [6.45, 7) is 4.02. The molecule has 2 aliphatic rings. The van der Waals surface area contributed by atoms with Crippen molar-refractivity contribution in [2.45, 2.75) is 39.3 Å². The number of benzene rings is 1. The van der Waals surface area contributed by atoms with Crippen molar-refractivity contribution >= 4 is 23.8 Å². The Kier molecular flexibility index (Phi) is 5.50. The van der Waals surface area contributed by atoms with Gasteiger partial charge in [-0.1, -0.05) is 0 Å². The van der Waals surface area contributed by atoms with E-state index >= 15 is 0 Å². The summed E-state index contributed by atoms with van der Waals surface area (Å²) in [6, 6.07) is 7.26. The zero-order valence-electron chi connectivity index (χ0n) is 18.7. The Hall–Kier alpha value is -3.84. The molecule has 2 N–H and O–H groups in total. The standard InChI is InChI=1S/C24H23BN4O5/c1-14-8-20-22-15(10-29(20)23(31)18(14)12-34-24(32)33)9-16-17(21(30)3-2-19(16)27-22)11-28-6-4-25(13-26)5-7-28/h2-3,8-9,30H,4-7,10-12H2,1H3,(H,32,33). The number of aromatic hydroxyl groups is 1. The SMILES string of the molecule is Cc1cc2n(c(=O)c1COC(=O)O)Cc1cc3c(CN4CCB(C#N)CC4)c(O)ccc3nc1-2. The maximum absolute atomic E-state index is 13.1. The van der Waals surface area contributed by atoms with Gasteiger partial charge >= 0.3 is 6.16 Å². The number of nitrogens with zero attached hydrogens (tertiary/aromatic N) is 4. The van der Waals surface area contributed by atoms with Crippen LogP contribution < -0.4 is 5.56 Å². The summed E-state index contributed by atoms with van der Waals surface area (Å²) < 4.78 is 6.24. The molecule has 0 amide bonds. The fourth-order valence-electron chi connectivity index (χ4n) is 4.93. The van der Waals surface area contributed by atoms with Gasteiger partial charge in [0.25, 0.3) is 12.3 Å². The molecule has 0 unspecified atom stereocenters. The number of hydrogen-bond donors (Lipinski definition) is 2. The van der Waals surface area contributed by atoms with Gasteiger partial charge in [0.2, 0.25) is 0 Å². The molecule has 34 heavy (non-hydrogen) atoms. The number of rotatable bonds is 4. The third kappa shape index (κ3) is 3.78. The molecule has 10 heteroatoms. The Morgan fingerprint density at radius 1 is 1.26 bits per heavy atom. The van der Waals surface area contributed by atoms with E-state index in [0.29, 0.717) is 35.6 Å². The lowest BCUT2D eigenvalue weighted by atomic mass is 9.45. The van der Waals surface area contributed by atoms with Crippen LogP contribution in [0, 0.1) is 18.2 Å². The lowest BCUT2D eigenvalue weighted by Gasteiger charge is -2.28. The van der Waals surface area contributed by atoms with Crippen LogP contribution >= 0.6 is 0 Å². The van der Waals surface area contributed by atoms with Gasteiger partial charge in [0, 0.05) is 29.0 Å². The van der Waals surface area contributed by atoms with Crippen molar-refractivity contribution in [2.75, 3.05) is 13.1 Å². The van der Waals surface area contributed by atoms with E-state index in [1.54, 1.807) is 23.6 Å². The van der Waals surface area contributed by atoms with Crippen molar-refractivity contribution in [3.05, 3.63) is 56.9 Å². The van der Waals surface area contributed by atoms with Crippen LogP contribution in [0.1, 0.15) is 22.3 Å². The average molecular weight is 458 g/mol. The van der Waals surface area contributed by atoms with Crippen LogP contribution in [0.15, 0.2) is 29.1 Å². The first-order valence-corrected chi connectivity index (χ1v) is 11.2. The number of aromatic nitrogens is 2. The highest BCUT2D eigenvalue weighted by atomic mass is 16.7. The van der Waals surface area contributed by atoms with Crippen molar-refractivity contribution in [1.29, 1.82) is 5.26 Å². The number of aryl methyl sites for hydroxylation is 1. The summed E-state index contributed by atoms with van der Waals surface area (Å²) in [5.74, 6) is 2.54. The van der Waals surface area contributed by atoms with Gasteiger partial charge in [0.15, 0.2) is 0 Å². The normalized spacial score (nSPS) is 15.1. The highest BCUT2D eigenvalue weighted by Crippen LogP contribution is 2.36. The van der Waals surface area contributed by atoms with Gasteiger partial charge in [-0.25, -0.2) is 15.0 Å². The lowest BCUT2D eigenvalue weighted by Crippen LogP contribution is -2.36. The Balaban J connectivity index is 1.52. The summed E-state index contributed by atoms with van der Waals surface area (Å²) in [5.41, 5.74) is 4.46. The number of carbonyl (C=O) groups is 1. The molecule has 2 aliphatic heterocycles. The molecule has 2 aromatic heterocycles. The number of phenols is 1. The van der Waals surface area contributed by atoms with Crippen molar-refractivity contribution in [2.24, 2.45) is 0 Å². The number of carboxylic acid groups (broad SMARTS) is 1. The molecule has 4 heterocycles. The monoisotopic (exact) mass is 458 g/mol. The number of nitriles is 1. The number of fused-ring (bicyclic) bond motifs is 4. The molecule has 0 aliphatic carbocycles. The van der Waals surface area contributed by atoms with E-state index < -0.39 is 6.16 Å². The number of phenolic OH excluding ortho intramolecular Hbond substituents is 1. The van der Waals surface area contributed by atoms with Crippen LogP contribution in [-0.4, -0.2) is 50.6 Å². The molecule has 1 fully saturated rings. The first-order chi connectivity index (χ1) is 16.4. The van der Waals surface area contributed by atoms with Crippen molar-refractivity contribution in [1.82, 2.24) is 14.5 Å². The number of hydrogen-bond acceptors (Lipinski definition) is 7. The van der Waals surface area contributed by atoms with E-state index in [1.165, 1.54) is 0 Å². The van der Waals surface area contributed by atoms with Crippen LogP contribution in [0.4, 0.5) is 4.79 Å². The Labute approximate surface area is 195 Å². The first kappa shape index (κ1) is 22.0. The van der Waals surface area contributed by atoms with E-state index in [-0.39, 0.29) is 24.6 Å². The minimum absolute atomic E-state index is 0.0911. The highest BCUT2D eigenvalue weighted by Gasteiger charge is 2.27. The molecule has 0 atom stereocenters. The van der Waals surface area contributed by atoms with Crippen LogP contribution in [0.25, 0.3) is 22.3 Å². The quantitative estimate of drug-likeness (QED) is 0.353. The van der Waals surface area contributed by atoms with Gasteiger partial charge in [-0.2, -0.15) is 0 Å². The smallest absolute Gasteiger partial charge is 0.506 e. The van der Waals surface area contributed by atoms with Gasteiger partial charge in [-0.15, -0.1) is 0 Å². The van der Waals surface area contributed by atoms with Gasteiger partial charge in [-0.05, 0) is 62.5 Å².